The fraction of sp³-hybridized carbons (Fsp3) is 0.333. The van der Waals surface area contributed by atoms with Crippen molar-refractivity contribution in [3.05, 3.63) is 90.0 Å². The molecule has 208 valence electrons. The zero-order valence-electron chi connectivity index (χ0n) is 23.1. The van der Waals surface area contributed by atoms with E-state index in [1.54, 1.807) is 42.5 Å². The predicted molar refractivity (Wildman–Crippen MR) is 153 cm³/mol. The number of rotatable bonds is 12. The van der Waals surface area contributed by atoms with Gasteiger partial charge in [0.1, 0.15) is 18.3 Å². The molecule has 0 radical (unpaired) electrons. The fourth-order valence-corrected chi connectivity index (χ4v) is 5.82. The van der Waals surface area contributed by atoms with Crippen LogP contribution in [0, 0.1) is 6.92 Å². The zero-order chi connectivity index (χ0) is 28.6. The predicted octanol–water partition coefficient (Wildman–Crippen LogP) is 4.53. The number of benzene rings is 3. The molecule has 8 nitrogen and oxygen atoms in total. The van der Waals surface area contributed by atoms with Crippen molar-refractivity contribution < 1.29 is 22.7 Å². The van der Waals surface area contributed by atoms with Crippen molar-refractivity contribution in [2.45, 2.75) is 57.6 Å². The maximum atomic E-state index is 14.1. The molecular formula is C30H37N3O5S. The number of nitrogens with zero attached hydrogens (tertiary/aromatic N) is 2. The molecular weight excluding hydrogens is 514 g/mol. The molecule has 9 heteroatoms. The van der Waals surface area contributed by atoms with Crippen molar-refractivity contribution in [3.8, 4) is 5.75 Å². The zero-order valence-corrected chi connectivity index (χ0v) is 23.9. The molecule has 3 aromatic rings. The monoisotopic (exact) mass is 551 g/mol. The highest BCUT2D eigenvalue weighted by molar-refractivity contribution is 7.92. The van der Waals surface area contributed by atoms with Gasteiger partial charge in [0.25, 0.3) is 10.0 Å². The minimum Gasteiger partial charge on any atom is -0.495 e. The third-order valence-electron chi connectivity index (χ3n) is 6.22. The van der Waals surface area contributed by atoms with Crippen molar-refractivity contribution in [2.75, 3.05) is 18.0 Å². The van der Waals surface area contributed by atoms with Crippen molar-refractivity contribution in [1.82, 2.24) is 10.2 Å². The van der Waals surface area contributed by atoms with Crippen LogP contribution in [0.1, 0.15) is 38.3 Å². The Morgan fingerprint density at radius 3 is 2.23 bits per heavy atom. The number of sulfonamides is 1. The minimum atomic E-state index is -4.16. The molecule has 3 aromatic carbocycles. The lowest BCUT2D eigenvalue weighted by Crippen LogP contribution is -2.53. The van der Waals surface area contributed by atoms with Crippen LogP contribution in [0.3, 0.4) is 0 Å². The van der Waals surface area contributed by atoms with Crippen LogP contribution >= 0.6 is 0 Å². The molecule has 0 aliphatic heterocycles. The van der Waals surface area contributed by atoms with Gasteiger partial charge in [-0.3, -0.25) is 13.9 Å². The first-order valence-corrected chi connectivity index (χ1v) is 14.4. The molecule has 0 saturated heterocycles. The molecule has 0 aromatic heterocycles. The summed E-state index contributed by atoms with van der Waals surface area (Å²) in [6, 6.07) is 21.4. The first kappa shape index (κ1) is 29.7. The normalized spacial score (nSPS) is 12.1. The van der Waals surface area contributed by atoms with E-state index in [9.17, 15) is 18.0 Å². The van der Waals surface area contributed by atoms with E-state index in [1.165, 1.54) is 24.1 Å². The van der Waals surface area contributed by atoms with E-state index < -0.39 is 28.5 Å². The van der Waals surface area contributed by atoms with Crippen LogP contribution in [0.15, 0.2) is 83.8 Å². The van der Waals surface area contributed by atoms with Crippen LogP contribution in [-0.2, 0) is 26.2 Å². The van der Waals surface area contributed by atoms with Gasteiger partial charge < -0.3 is 15.0 Å². The summed E-state index contributed by atoms with van der Waals surface area (Å²) in [5, 5.41) is 2.90. The summed E-state index contributed by atoms with van der Waals surface area (Å²) in [5.74, 6) is -0.490. The number of hydrogen-bond acceptors (Lipinski definition) is 5. The van der Waals surface area contributed by atoms with E-state index in [4.69, 9.17) is 4.74 Å². The number of nitrogens with one attached hydrogen (secondary N) is 1. The number of para-hydroxylation sites is 2. The molecule has 0 heterocycles. The second-order valence-electron chi connectivity index (χ2n) is 9.59. The Hall–Kier alpha value is -3.85. The van der Waals surface area contributed by atoms with E-state index in [0.29, 0.717) is 12.2 Å². The summed E-state index contributed by atoms with van der Waals surface area (Å²) in [7, 11) is -2.72. The molecule has 0 aliphatic carbocycles. The maximum Gasteiger partial charge on any atom is 0.264 e. The third-order valence-corrected chi connectivity index (χ3v) is 7.99. The summed E-state index contributed by atoms with van der Waals surface area (Å²) in [4.78, 5) is 28.8. The molecule has 0 fully saturated rings. The third kappa shape index (κ3) is 7.38. The largest absolute Gasteiger partial charge is 0.495 e. The highest BCUT2D eigenvalue weighted by Crippen LogP contribution is 2.32. The van der Waals surface area contributed by atoms with Gasteiger partial charge in [0, 0.05) is 12.6 Å². The molecule has 0 spiro atoms. The van der Waals surface area contributed by atoms with Crippen molar-refractivity contribution in [1.29, 1.82) is 0 Å². The molecule has 2 amide bonds. The summed E-state index contributed by atoms with van der Waals surface area (Å²) >= 11 is 0. The van der Waals surface area contributed by atoms with E-state index >= 15 is 0 Å². The van der Waals surface area contributed by atoms with Gasteiger partial charge in [0.15, 0.2) is 0 Å². The van der Waals surface area contributed by atoms with Crippen LogP contribution in [0.4, 0.5) is 5.69 Å². The number of carbonyl (C=O) groups excluding carboxylic acids is 2. The van der Waals surface area contributed by atoms with Crippen molar-refractivity contribution >= 4 is 27.5 Å². The van der Waals surface area contributed by atoms with Gasteiger partial charge in [-0.05, 0) is 57.0 Å². The van der Waals surface area contributed by atoms with E-state index in [-0.39, 0.29) is 29.1 Å². The number of ether oxygens (including phenoxy) is 1. The number of aryl methyl sites for hydroxylation is 1. The van der Waals surface area contributed by atoms with E-state index in [0.717, 1.165) is 15.4 Å². The minimum absolute atomic E-state index is 0.0403. The Labute approximate surface area is 231 Å². The highest BCUT2D eigenvalue weighted by atomic mass is 32.2. The lowest BCUT2D eigenvalue weighted by atomic mass is 10.1. The van der Waals surface area contributed by atoms with Crippen LogP contribution < -0.4 is 14.4 Å². The average molecular weight is 552 g/mol. The quantitative estimate of drug-likeness (QED) is 0.357. The topological polar surface area (TPSA) is 96.0 Å². The second kappa shape index (κ2) is 13.3. The summed E-state index contributed by atoms with van der Waals surface area (Å²) in [5.41, 5.74) is 2.09. The van der Waals surface area contributed by atoms with Gasteiger partial charge in [-0.15, -0.1) is 0 Å². The van der Waals surface area contributed by atoms with Gasteiger partial charge in [-0.1, -0.05) is 67.1 Å². The van der Waals surface area contributed by atoms with Crippen LogP contribution in [0.5, 0.6) is 5.75 Å². The highest BCUT2D eigenvalue weighted by Gasteiger charge is 2.34. The molecule has 39 heavy (non-hydrogen) atoms. The van der Waals surface area contributed by atoms with Gasteiger partial charge >= 0.3 is 0 Å². The van der Waals surface area contributed by atoms with Crippen molar-refractivity contribution in [3.63, 3.8) is 0 Å². The van der Waals surface area contributed by atoms with E-state index in [2.05, 4.69) is 5.32 Å². The summed E-state index contributed by atoms with van der Waals surface area (Å²) in [6.45, 7) is 7.12. The van der Waals surface area contributed by atoms with Gasteiger partial charge in [-0.2, -0.15) is 0 Å². The molecule has 1 N–H and O–H groups in total. The number of hydrogen-bond donors (Lipinski definition) is 1. The number of methoxy groups -OCH3 is 1. The van der Waals surface area contributed by atoms with Crippen LogP contribution in [-0.4, -0.2) is 50.9 Å². The Balaban J connectivity index is 2.09. The van der Waals surface area contributed by atoms with Gasteiger partial charge in [0.05, 0.1) is 17.7 Å². The van der Waals surface area contributed by atoms with Crippen LogP contribution in [0.25, 0.3) is 0 Å². The fourth-order valence-electron chi connectivity index (χ4n) is 4.38. The molecule has 0 aliphatic rings. The molecule has 0 bridgehead atoms. The van der Waals surface area contributed by atoms with Crippen molar-refractivity contribution in [2.24, 2.45) is 0 Å². The Morgan fingerprint density at radius 1 is 0.949 bits per heavy atom. The lowest BCUT2D eigenvalue weighted by Gasteiger charge is -2.34. The number of carbonyl (C=O) groups is 2. The lowest BCUT2D eigenvalue weighted by molar-refractivity contribution is -0.140. The van der Waals surface area contributed by atoms with Gasteiger partial charge in [-0.25, -0.2) is 8.42 Å². The smallest absolute Gasteiger partial charge is 0.264 e. The summed E-state index contributed by atoms with van der Waals surface area (Å²) in [6.07, 6.45) is 0.357. The molecule has 1 atom stereocenters. The number of amides is 2. The first-order chi connectivity index (χ1) is 18.6. The molecule has 0 saturated carbocycles. The SMILES string of the molecule is CCC(C(=O)NC(C)C)N(Cc1cccc(C)c1)C(=O)CN(c1ccccc1OC)S(=O)(=O)c1ccccc1. The number of anilines is 1. The van der Waals surface area contributed by atoms with Gasteiger partial charge in [0.2, 0.25) is 11.8 Å². The Bertz CT molecular complexity index is 1380. The Morgan fingerprint density at radius 2 is 1.62 bits per heavy atom. The average Bonchev–Trinajstić information content (AvgIpc) is 2.91. The van der Waals surface area contributed by atoms with Crippen LogP contribution in [0.2, 0.25) is 0 Å². The first-order valence-electron chi connectivity index (χ1n) is 12.9. The Kier molecular flexibility index (Phi) is 10.1. The molecule has 1 unspecified atom stereocenters. The summed E-state index contributed by atoms with van der Waals surface area (Å²) < 4.78 is 34.3. The standard InChI is InChI=1S/C30H37N3O5S/c1-6-26(30(35)31-22(2)3)32(20-24-14-12-13-23(4)19-24)29(34)21-33(27-17-10-11-18-28(27)38-5)39(36,37)25-15-8-7-9-16-25/h7-19,22,26H,6,20-21H2,1-5H3,(H,31,35). The van der Waals surface area contributed by atoms with E-state index in [1.807, 2.05) is 52.0 Å². The maximum absolute atomic E-state index is 14.1. The second-order valence-corrected chi connectivity index (χ2v) is 11.5. The molecule has 3 rings (SSSR count).